The maximum absolute atomic E-state index is 10.8. The number of anilines is 1. The van der Waals surface area contributed by atoms with Gasteiger partial charge in [-0.2, -0.15) is 0 Å². The van der Waals surface area contributed by atoms with Gasteiger partial charge in [-0.25, -0.2) is 0 Å². The zero-order valence-corrected chi connectivity index (χ0v) is 19.4. The molecular formula is C25H24ClN3O5. The molecule has 1 aliphatic rings. The Balaban J connectivity index is 1.43. The molecule has 176 valence electrons. The van der Waals surface area contributed by atoms with E-state index in [4.69, 9.17) is 25.8 Å². The highest BCUT2D eigenvalue weighted by Gasteiger charge is 2.13. The number of halogens is 1. The third-order valence-corrected chi connectivity index (χ3v) is 5.65. The number of nitrogens with zero attached hydrogens (tertiary/aromatic N) is 3. The van der Waals surface area contributed by atoms with E-state index >= 15 is 0 Å². The Bertz CT molecular complexity index is 1160. The molecule has 0 atom stereocenters. The highest BCUT2D eigenvalue weighted by atomic mass is 35.5. The van der Waals surface area contributed by atoms with E-state index in [1.165, 1.54) is 19.2 Å². The minimum atomic E-state index is -0.441. The molecular weight excluding hydrogens is 458 g/mol. The second-order valence-corrected chi connectivity index (χ2v) is 8.03. The highest BCUT2D eigenvalue weighted by Crippen LogP contribution is 2.37. The van der Waals surface area contributed by atoms with Crippen LogP contribution in [0, 0.1) is 10.1 Å². The minimum absolute atomic E-state index is 0.0266. The minimum Gasteiger partial charge on any atom is -0.493 e. The molecule has 0 aliphatic carbocycles. The summed E-state index contributed by atoms with van der Waals surface area (Å²) in [4.78, 5) is 17.2. The Morgan fingerprint density at radius 1 is 1.12 bits per heavy atom. The lowest BCUT2D eigenvalue weighted by Gasteiger charge is -2.28. The van der Waals surface area contributed by atoms with Gasteiger partial charge in [0.2, 0.25) is 0 Å². The zero-order valence-electron chi connectivity index (χ0n) is 18.6. The van der Waals surface area contributed by atoms with Crippen molar-refractivity contribution >= 4 is 34.9 Å². The summed E-state index contributed by atoms with van der Waals surface area (Å²) in [6.45, 7) is 3.46. The van der Waals surface area contributed by atoms with E-state index in [1.54, 1.807) is 30.5 Å². The van der Waals surface area contributed by atoms with Crippen LogP contribution >= 0.6 is 11.6 Å². The normalized spacial score (nSPS) is 13.8. The Labute approximate surface area is 202 Å². The fourth-order valence-electron chi connectivity index (χ4n) is 3.54. The van der Waals surface area contributed by atoms with Crippen LogP contribution in [-0.4, -0.2) is 44.6 Å². The van der Waals surface area contributed by atoms with Gasteiger partial charge in [0.25, 0.3) is 5.69 Å². The molecule has 1 aliphatic heterocycles. The fraction of sp³-hybridized carbons (Fsp3) is 0.240. The summed E-state index contributed by atoms with van der Waals surface area (Å²) >= 11 is 6.46. The number of hydrogen-bond acceptors (Lipinski definition) is 7. The third kappa shape index (κ3) is 5.84. The Hall–Kier alpha value is -3.62. The van der Waals surface area contributed by atoms with Crippen molar-refractivity contribution in [2.75, 3.05) is 38.3 Å². The number of aliphatic imine (C=N–C) groups is 1. The molecule has 0 radical (unpaired) electrons. The fourth-order valence-corrected chi connectivity index (χ4v) is 3.82. The summed E-state index contributed by atoms with van der Waals surface area (Å²) in [5, 5.41) is 11.2. The maximum Gasteiger partial charge on any atom is 0.269 e. The van der Waals surface area contributed by atoms with Crippen molar-refractivity contribution in [1.29, 1.82) is 0 Å². The molecule has 4 rings (SSSR count). The molecule has 0 amide bonds. The monoisotopic (exact) mass is 481 g/mol. The van der Waals surface area contributed by atoms with Gasteiger partial charge in [-0.15, -0.1) is 0 Å². The van der Waals surface area contributed by atoms with Crippen molar-refractivity contribution in [3.63, 3.8) is 0 Å². The van der Waals surface area contributed by atoms with Gasteiger partial charge < -0.3 is 19.1 Å². The predicted molar refractivity (Wildman–Crippen MR) is 132 cm³/mol. The van der Waals surface area contributed by atoms with Gasteiger partial charge in [0, 0.05) is 37.1 Å². The van der Waals surface area contributed by atoms with E-state index in [0.29, 0.717) is 16.5 Å². The van der Waals surface area contributed by atoms with Crippen molar-refractivity contribution in [1.82, 2.24) is 0 Å². The molecule has 3 aromatic carbocycles. The third-order valence-electron chi connectivity index (χ3n) is 5.37. The summed E-state index contributed by atoms with van der Waals surface area (Å²) in [6, 6.07) is 17.8. The lowest BCUT2D eigenvalue weighted by molar-refractivity contribution is -0.384. The van der Waals surface area contributed by atoms with E-state index < -0.39 is 4.92 Å². The van der Waals surface area contributed by atoms with Crippen LogP contribution in [0.1, 0.15) is 11.1 Å². The van der Waals surface area contributed by atoms with Crippen LogP contribution in [-0.2, 0) is 11.3 Å². The van der Waals surface area contributed by atoms with E-state index in [0.717, 1.165) is 48.8 Å². The van der Waals surface area contributed by atoms with E-state index in [1.807, 2.05) is 12.1 Å². The van der Waals surface area contributed by atoms with Gasteiger partial charge in [0.1, 0.15) is 6.61 Å². The average molecular weight is 482 g/mol. The topological polar surface area (TPSA) is 86.4 Å². The number of rotatable bonds is 8. The smallest absolute Gasteiger partial charge is 0.269 e. The number of methoxy groups -OCH3 is 1. The first-order valence-corrected chi connectivity index (χ1v) is 11.1. The number of morpholine rings is 1. The molecule has 1 fully saturated rings. The molecule has 0 N–H and O–H groups in total. The Morgan fingerprint density at radius 3 is 2.47 bits per heavy atom. The molecule has 1 saturated heterocycles. The van der Waals surface area contributed by atoms with Gasteiger partial charge in [0.15, 0.2) is 11.5 Å². The highest BCUT2D eigenvalue weighted by molar-refractivity contribution is 6.32. The van der Waals surface area contributed by atoms with E-state index in [2.05, 4.69) is 22.0 Å². The lowest BCUT2D eigenvalue weighted by Crippen LogP contribution is -2.36. The summed E-state index contributed by atoms with van der Waals surface area (Å²) in [6.07, 6.45) is 1.72. The van der Waals surface area contributed by atoms with Crippen LogP contribution in [0.25, 0.3) is 0 Å². The predicted octanol–water partition coefficient (Wildman–Crippen LogP) is 5.42. The molecule has 9 heteroatoms. The van der Waals surface area contributed by atoms with Gasteiger partial charge >= 0.3 is 0 Å². The second kappa shape index (κ2) is 11.0. The Morgan fingerprint density at radius 2 is 1.82 bits per heavy atom. The van der Waals surface area contributed by atoms with Gasteiger partial charge in [-0.1, -0.05) is 11.6 Å². The number of hydrogen-bond donors (Lipinski definition) is 0. The quantitative estimate of drug-likeness (QED) is 0.242. The van der Waals surface area contributed by atoms with Crippen LogP contribution in [0.5, 0.6) is 11.5 Å². The number of benzene rings is 3. The van der Waals surface area contributed by atoms with Crippen molar-refractivity contribution in [3.05, 3.63) is 86.9 Å². The Kier molecular flexibility index (Phi) is 7.61. The van der Waals surface area contributed by atoms with Crippen LogP contribution < -0.4 is 14.4 Å². The molecule has 0 spiro atoms. The first-order chi connectivity index (χ1) is 16.5. The van der Waals surface area contributed by atoms with Crippen LogP contribution in [0.2, 0.25) is 5.02 Å². The average Bonchev–Trinajstić information content (AvgIpc) is 2.87. The molecule has 0 aromatic heterocycles. The second-order valence-electron chi connectivity index (χ2n) is 7.62. The van der Waals surface area contributed by atoms with Crippen LogP contribution in [0.4, 0.5) is 17.1 Å². The largest absolute Gasteiger partial charge is 0.493 e. The summed E-state index contributed by atoms with van der Waals surface area (Å²) < 4.78 is 16.7. The summed E-state index contributed by atoms with van der Waals surface area (Å²) in [5.41, 5.74) is 3.54. The number of nitro groups is 1. The SMILES string of the molecule is COc1cc(C=Nc2ccc(N3CCOCC3)cc2)cc(Cl)c1OCc1ccc([N+](=O)[O-])cc1. The maximum atomic E-state index is 10.8. The number of non-ortho nitro benzene ring substituents is 1. The number of ether oxygens (including phenoxy) is 3. The van der Waals surface area contributed by atoms with Gasteiger partial charge in [-0.05, 0) is 59.7 Å². The molecule has 34 heavy (non-hydrogen) atoms. The van der Waals surface area contributed by atoms with E-state index in [9.17, 15) is 10.1 Å². The standard InChI is InChI=1S/C25H24ClN3O5/c1-32-24-15-19(16-27-20-4-8-21(9-5-20)28-10-12-33-13-11-28)14-23(26)25(24)34-17-18-2-6-22(7-3-18)29(30)31/h2-9,14-16H,10-13,17H2,1H3. The molecule has 3 aromatic rings. The first kappa shape index (κ1) is 23.5. The first-order valence-electron chi connectivity index (χ1n) is 10.7. The van der Waals surface area contributed by atoms with Gasteiger partial charge in [-0.3, -0.25) is 15.1 Å². The van der Waals surface area contributed by atoms with Crippen molar-refractivity contribution in [2.45, 2.75) is 6.61 Å². The van der Waals surface area contributed by atoms with Crippen LogP contribution in [0.3, 0.4) is 0 Å². The van der Waals surface area contributed by atoms with Crippen molar-refractivity contribution < 1.29 is 19.1 Å². The van der Waals surface area contributed by atoms with Crippen molar-refractivity contribution in [3.8, 4) is 11.5 Å². The molecule has 8 nitrogen and oxygen atoms in total. The van der Waals surface area contributed by atoms with Gasteiger partial charge in [0.05, 0.1) is 36.0 Å². The van der Waals surface area contributed by atoms with Crippen molar-refractivity contribution in [2.24, 2.45) is 4.99 Å². The lowest BCUT2D eigenvalue weighted by atomic mass is 10.2. The molecule has 0 saturated carbocycles. The number of nitro benzene ring substituents is 1. The molecule has 1 heterocycles. The van der Waals surface area contributed by atoms with Crippen LogP contribution in [0.15, 0.2) is 65.7 Å². The molecule has 0 bridgehead atoms. The zero-order chi connectivity index (χ0) is 23.9. The molecule has 0 unspecified atom stereocenters. The summed E-state index contributed by atoms with van der Waals surface area (Å²) in [7, 11) is 1.54. The van der Waals surface area contributed by atoms with E-state index in [-0.39, 0.29) is 12.3 Å². The summed E-state index contributed by atoms with van der Waals surface area (Å²) in [5.74, 6) is 0.869.